The van der Waals surface area contributed by atoms with Gasteiger partial charge in [-0.15, -0.1) is 0 Å². The van der Waals surface area contributed by atoms with Crippen LogP contribution >= 0.6 is 0 Å². The molecule has 0 spiro atoms. The van der Waals surface area contributed by atoms with Crippen LogP contribution in [0.4, 0.5) is 18.0 Å². The zero-order valence-electron chi connectivity index (χ0n) is 18.3. The number of carbonyl (C=O) groups is 2. The molecule has 0 aliphatic heterocycles. The smallest absolute Gasteiger partial charge is 0.416 e. The van der Waals surface area contributed by atoms with Crippen LogP contribution in [-0.4, -0.2) is 24.2 Å². The van der Waals surface area contributed by atoms with Crippen LogP contribution in [0.25, 0.3) is 11.1 Å². The Bertz CT molecular complexity index is 1160. The third-order valence-corrected chi connectivity index (χ3v) is 5.08. The Labute approximate surface area is 194 Å². The van der Waals surface area contributed by atoms with E-state index in [2.05, 4.69) is 10.6 Å². The van der Waals surface area contributed by atoms with E-state index in [4.69, 9.17) is 9.84 Å². The van der Waals surface area contributed by atoms with E-state index in [1.165, 1.54) is 13.2 Å². The zero-order valence-corrected chi connectivity index (χ0v) is 18.3. The highest BCUT2D eigenvalue weighted by molar-refractivity contribution is 5.78. The summed E-state index contributed by atoms with van der Waals surface area (Å²) in [4.78, 5) is 23.4. The van der Waals surface area contributed by atoms with Crippen molar-refractivity contribution in [2.24, 2.45) is 0 Å². The third kappa shape index (κ3) is 6.50. The maximum atomic E-state index is 13.4. The normalized spacial score (nSPS) is 11.1. The fourth-order valence-corrected chi connectivity index (χ4v) is 3.45. The Morgan fingerprint density at radius 1 is 0.882 bits per heavy atom. The summed E-state index contributed by atoms with van der Waals surface area (Å²) in [5, 5.41) is 14.4. The quantitative estimate of drug-likeness (QED) is 0.430. The number of alkyl halides is 3. The minimum atomic E-state index is -4.57. The molecule has 0 heterocycles. The highest BCUT2D eigenvalue weighted by Crippen LogP contribution is 2.37. The predicted octanol–water partition coefficient (Wildman–Crippen LogP) is 5.01. The van der Waals surface area contributed by atoms with Crippen LogP contribution in [0.3, 0.4) is 0 Å². The first kappa shape index (κ1) is 24.6. The van der Waals surface area contributed by atoms with E-state index in [9.17, 15) is 22.8 Å². The maximum Gasteiger partial charge on any atom is 0.416 e. The lowest BCUT2D eigenvalue weighted by molar-refractivity contribution is -0.138. The molecule has 0 aromatic heterocycles. The van der Waals surface area contributed by atoms with E-state index in [0.717, 1.165) is 17.7 Å². The van der Waals surface area contributed by atoms with Crippen LogP contribution in [-0.2, 0) is 30.5 Å². The third-order valence-electron chi connectivity index (χ3n) is 5.08. The molecule has 34 heavy (non-hydrogen) atoms. The first-order valence-corrected chi connectivity index (χ1v) is 10.3. The monoisotopic (exact) mass is 472 g/mol. The van der Waals surface area contributed by atoms with Crippen molar-refractivity contribution in [3.8, 4) is 16.9 Å². The lowest BCUT2D eigenvalue weighted by Crippen LogP contribution is -2.34. The molecule has 0 saturated heterocycles. The number of carbonyl (C=O) groups excluding carboxylic acids is 1. The summed E-state index contributed by atoms with van der Waals surface area (Å²) >= 11 is 0. The average molecular weight is 472 g/mol. The molecule has 0 fully saturated rings. The van der Waals surface area contributed by atoms with Gasteiger partial charge in [-0.2, -0.15) is 13.2 Å². The number of hydrogen-bond donors (Lipinski definition) is 3. The van der Waals surface area contributed by atoms with E-state index < -0.39 is 23.7 Å². The first-order chi connectivity index (χ1) is 16.2. The number of amides is 2. The van der Waals surface area contributed by atoms with Gasteiger partial charge in [-0.3, -0.25) is 4.79 Å². The SMILES string of the molecule is COc1ccc(CC(=O)O)cc1-c1ccc(C(F)(F)F)cc1CNC(=O)NCc1ccccc1. The summed E-state index contributed by atoms with van der Waals surface area (Å²) in [6.45, 7) is 0.0688. The van der Waals surface area contributed by atoms with E-state index in [1.54, 1.807) is 18.2 Å². The van der Waals surface area contributed by atoms with E-state index >= 15 is 0 Å². The van der Waals surface area contributed by atoms with Gasteiger partial charge in [0.2, 0.25) is 0 Å². The molecule has 0 aliphatic rings. The molecule has 6 nitrogen and oxygen atoms in total. The molecular formula is C25H23F3N2O4. The molecule has 0 bridgehead atoms. The summed E-state index contributed by atoms with van der Waals surface area (Å²) in [5.74, 6) is -0.677. The second-order valence-electron chi connectivity index (χ2n) is 7.50. The van der Waals surface area contributed by atoms with Crippen LogP contribution < -0.4 is 15.4 Å². The molecule has 3 aromatic carbocycles. The van der Waals surface area contributed by atoms with Gasteiger partial charge in [0.15, 0.2) is 0 Å². The molecule has 2 amide bonds. The Kier molecular flexibility index (Phi) is 7.78. The fourth-order valence-electron chi connectivity index (χ4n) is 3.45. The fraction of sp³-hybridized carbons (Fsp3) is 0.200. The standard InChI is InChI=1S/C25H23F3N2O4/c1-34-22-10-7-17(12-23(31)32)11-21(22)20-9-8-19(25(26,27)28)13-18(20)15-30-24(33)29-14-16-5-3-2-4-6-16/h2-11,13H,12,14-15H2,1H3,(H,31,32)(H2,29,30,33). The lowest BCUT2D eigenvalue weighted by Gasteiger charge is -2.17. The highest BCUT2D eigenvalue weighted by Gasteiger charge is 2.31. The van der Waals surface area contributed by atoms with Gasteiger partial charge in [0.05, 0.1) is 19.1 Å². The van der Waals surface area contributed by atoms with Crippen molar-refractivity contribution < 1.29 is 32.6 Å². The van der Waals surface area contributed by atoms with Crippen molar-refractivity contribution in [1.82, 2.24) is 10.6 Å². The number of halogens is 3. The molecule has 3 aromatic rings. The van der Waals surface area contributed by atoms with Crippen LogP contribution in [0.15, 0.2) is 66.7 Å². The highest BCUT2D eigenvalue weighted by atomic mass is 19.4. The summed E-state index contributed by atoms with van der Waals surface area (Å²) in [7, 11) is 1.41. The van der Waals surface area contributed by atoms with Crippen LogP contribution in [0, 0.1) is 0 Å². The largest absolute Gasteiger partial charge is 0.496 e. The van der Waals surface area contributed by atoms with Crippen molar-refractivity contribution in [2.45, 2.75) is 25.7 Å². The zero-order chi connectivity index (χ0) is 24.7. The molecule has 0 saturated carbocycles. The van der Waals surface area contributed by atoms with Gasteiger partial charge in [0.25, 0.3) is 0 Å². The van der Waals surface area contributed by atoms with E-state index in [-0.39, 0.29) is 25.1 Å². The molecule has 9 heteroatoms. The van der Waals surface area contributed by atoms with Crippen molar-refractivity contribution >= 4 is 12.0 Å². The number of carboxylic acid groups (broad SMARTS) is 1. The molecule has 0 aliphatic carbocycles. The minimum absolute atomic E-state index is 0.188. The summed E-state index contributed by atoms with van der Waals surface area (Å²) < 4.78 is 45.5. The molecule has 3 rings (SSSR count). The topological polar surface area (TPSA) is 87.7 Å². The van der Waals surface area contributed by atoms with Gasteiger partial charge >= 0.3 is 18.2 Å². The predicted molar refractivity (Wildman–Crippen MR) is 120 cm³/mol. The van der Waals surface area contributed by atoms with Crippen molar-refractivity contribution in [3.05, 3.63) is 89.0 Å². The number of benzene rings is 3. The Balaban J connectivity index is 1.89. The molecule has 0 unspecified atom stereocenters. The van der Waals surface area contributed by atoms with E-state index in [0.29, 0.717) is 22.4 Å². The Morgan fingerprint density at radius 2 is 1.59 bits per heavy atom. The number of rotatable bonds is 8. The number of carboxylic acids is 1. The number of hydrogen-bond acceptors (Lipinski definition) is 3. The van der Waals surface area contributed by atoms with Crippen LogP contribution in [0.2, 0.25) is 0 Å². The minimum Gasteiger partial charge on any atom is -0.496 e. The average Bonchev–Trinajstić information content (AvgIpc) is 2.81. The van der Waals surface area contributed by atoms with Crippen molar-refractivity contribution in [3.63, 3.8) is 0 Å². The number of nitrogens with one attached hydrogen (secondary N) is 2. The maximum absolute atomic E-state index is 13.4. The van der Waals surface area contributed by atoms with Gasteiger partial charge in [0.1, 0.15) is 5.75 Å². The Hall–Kier alpha value is -4.01. The van der Waals surface area contributed by atoms with Gasteiger partial charge in [0, 0.05) is 18.7 Å². The molecule has 0 radical (unpaired) electrons. The van der Waals surface area contributed by atoms with Crippen molar-refractivity contribution in [2.75, 3.05) is 7.11 Å². The second kappa shape index (κ2) is 10.7. The van der Waals surface area contributed by atoms with Crippen LogP contribution in [0.5, 0.6) is 5.75 Å². The molecule has 0 atom stereocenters. The van der Waals surface area contributed by atoms with Gasteiger partial charge in [-0.05, 0) is 46.5 Å². The summed E-state index contributed by atoms with van der Waals surface area (Å²) in [6.07, 6.45) is -4.83. The summed E-state index contributed by atoms with van der Waals surface area (Å²) in [6, 6.07) is 16.5. The first-order valence-electron chi connectivity index (χ1n) is 10.3. The number of urea groups is 1. The van der Waals surface area contributed by atoms with Gasteiger partial charge in [-0.25, -0.2) is 4.79 Å². The molecular weight excluding hydrogens is 449 g/mol. The van der Waals surface area contributed by atoms with Crippen molar-refractivity contribution in [1.29, 1.82) is 0 Å². The number of methoxy groups -OCH3 is 1. The lowest BCUT2D eigenvalue weighted by atomic mass is 9.94. The van der Waals surface area contributed by atoms with Gasteiger partial charge in [-0.1, -0.05) is 42.5 Å². The second-order valence-corrected chi connectivity index (χ2v) is 7.50. The molecule has 3 N–H and O–H groups in total. The summed E-state index contributed by atoms with van der Waals surface area (Å²) in [5.41, 5.74) is 1.49. The Morgan fingerprint density at radius 3 is 2.24 bits per heavy atom. The number of ether oxygens (including phenoxy) is 1. The van der Waals surface area contributed by atoms with E-state index in [1.807, 2.05) is 30.3 Å². The number of aliphatic carboxylic acids is 1. The van der Waals surface area contributed by atoms with Crippen LogP contribution in [0.1, 0.15) is 22.3 Å². The molecule has 178 valence electrons. The van der Waals surface area contributed by atoms with Gasteiger partial charge < -0.3 is 20.5 Å².